The number of hydrogen-bond donors (Lipinski definition) is 0. The summed E-state index contributed by atoms with van der Waals surface area (Å²) in [5.41, 5.74) is 1.83. The van der Waals surface area contributed by atoms with Gasteiger partial charge in [0, 0.05) is 5.56 Å². The number of hydrogen-bond acceptors (Lipinski definition) is 6. The SMILES string of the molecule is CCOc1ccc(C(=O)OCc2nc(-c3ccccc3)oc2C)cc1OC. The van der Waals surface area contributed by atoms with E-state index in [-0.39, 0.29) is 6.61 Å². The third-order valence-electron chi connectivity index (χ3n) is 3.95. The molecule has 0 atom stereocenters. The highest BCUT2D eigenvalue weighted by atomic mass is 16.5. The Hall–Kier alpha value is -3.28. The molecule has 2 aromatic carbocycles. The van der Waals surface area contributed by atoms with Crippen LogP contribution in [-0.4, -0.2) is 24.7 Å². The minimum atomic E-state index is -0.472. The molecule has 0 aliphatic rings. The van der Waals surface area contributed by atoms with Crippen LogP contribution < -0.4 is 9.47 Å². The molecule has 140 valence electrons. The second-order valence-electron chi connectivity index (χ2n) is 5.76. The van der Waals surface area contributed by atoms with Crippen LogP contribution in [0.15, 0.2) is 52.9 Å². The van der Waals surface area contributed by atoms with Gasteiger partial charge in [0.1, 0.15) is 18.1 Å². The van der Waals surface area contributed by atoms with Crippen molar-refractivity contribution in [3.05, 3.63) is 65.5 Å². The summed E-state index contributed by atoms with van der Waals surface area (Å²) in [5, 5.41) is 0. The van der Waals surface area contributed by atoms with E-state index >= 15 is 0 Å². The lowest BCUT2D eigenvalue weighted by atomic mass is 10.2. The number of carbonyl (C=O) groups excluding carboxylic acids is 1. The molecule has 27 heavy (non-hydrogen) atoms. The van der Waals surface area contributed by atoms with Gasteiger partial charge in [-0.1, -0.05) is 18.2 Å². The van der Waals surface area contributed by atoms with E-state index in [4.69, 9.17) is 18.6 Å². The molecule has 0 saturated heterocycles. The molecule has 6 nitrogen and oxygen atoms in total. The Kier molecular flexibility index (Phi) is 5.76. The highest BCUT2D eigenvalue weighted by molar-refractivity contribution is 5.90. The summed E-state index contributed by atoms with van der Waals surface area (Å²) < 4.78 is 21.8. The first-order valence-corrected chi connectivity index (χ1v) is 8.62. The molecule has 3 aromatic rings. The van der Waals surface area contributed by atoms with E-state index < -0.39 is 5.97 Å². The van der Waals surface area contributed by atoms with Gasteiger partial charge < -0.3 is 18.6 Å². The van der Waals surface area contributed by atoms with Gasteiger partial charge in [-0.05, 0) is 44.2 Å². The lowest BCUT2D eigenvalue weighted by molar-refractivity contribution is 0.0466. The molecule has 0 radical (unpaired) electrons. The summed E-state index contributed by atoms with van der Waals surface area (Å²) in [6, 6.07) is 14.5. The molecule has 1 aromatic heterocycles. The molecule has 0 amide bonds. The number of methoxy groups -OCH3 is 1. The summed E-state index contributed by atoms with van der Waals surface area (Å²) in [4.78, 5) is 16.8. The third-order valence-corrected chi connectivity index (χ3v) is 3.95. The van der Waals surface area contributed by atoms with E-state index in [1.54, 1.807) is 25.1 Å². The number of oxazole rings is 1. The molecular weight excluding hydrogens is 346 g/mol. The number of carbonyl (C=O) groups is 1. The lowest BCUT2D eigenvalue weighted by Crippen LogP contribution is -2.07. The van der Waals surface area contributed by atoms with Crippen LogP contribution in [0.25, 0.3) is 11.5 Å². The average Bonchev–Trinajstić information content (AvgIpc) is 3.08. The Bertz CT molecular complexity index is 918. The average molecular weight is 367 g/mol. The Morgan fingerprint density at radius 2 is 1.89 bits per heavy atom. The third kappa shape index (κ3) is 4.28. The molecule has 0 fully saturated rings. The van der Waals surface area contributed by atoms with Gasteiger partial charge in [0.15, 0.2) is 11.5 Å². The summed E-state index contributed by atoms with van der Waals surface area (Å²) in [6.07, 6.45) is 0. The zero-order valence-electron chi connectivity index (χ0n) is 15.5. The van der Waals surface area contributed by atoms with Crippen LogP contribution >= 0.6 is 0 Å². The molecule has 6 heteroatoms. The van der Waals surface area contributed by atoms with Crippen molar-refractivity contribution >= 4 is 5.97 Å². The van der Waals surface area contributed by atoms with Crippen molar-refractivity contribution in [1.82, 2.24) is 4.98 Å². The molecule has 0 bridgehead atoms. The molecule has 1 heterocycles. The van der Waals surface area contributed by atoms with Crippen molar-refractivity contribution in [1.29, 1.82) is 0 Å². The van der Waals surface area contributed by atoms with Crippen molar-refractivity contribution in [2.75, 3.05) is 13.7 Å². The van der Waals surface area contributed by atoms with Crippen molar-refractivity contribution in [3.8, 4) is 23.0 Å². The fraction of sp³-hybridized carbons (Fsp3) is 0.238. The fourth-order valence-electron chi connectivity index (χ4n) is 2.55. The molecule has 0 N–H and O–H groups in total. The Balaban J connectivity index is 1.70. The number of aryl methyl sites for hydroxylation is 1. The van der Waals surface area contributed by atoms with Gasteiger partial charge in [0.25, 0.3) is 0 Å². The van der Waals surface area contributed by atoms with Gasteiger partial charge in [0.05, 0.1) is 19.3 Å². The summed E-state index contributed by atoms with van der Waals surface area (Å²) in [7, 11) is 1.52. The van der Waals surface area contributed by atoms with E-state index in [0.717, 1.165) is 5.56 Å². The highest BCUT2D eigenvalue weighted by Crippen LogP contribution is 2.28. The first-order valence-electron chi connectivity index (χ1n) is 8.62. The number of nitrogens with zero attached hydrogens (tertiary/aromatic N) is 1. The molecule has 0 unspecified atom stereocenters. The summed E-state index contributed by atoms with van der Waals surface area (Å²) in [5.74, 6) is 1.71. The zero-order valence-corrected chi connectivity index (χ0v) is 15.5. The molecule has 0 aliphatic heterocycles. The highest BCUT2D eigenvalue weighted by Gasteiger charge is 2.16. The minimum Gasteiger partial charge on any atom is -0.493 e. The zero-order chi connectivity index (χ0) is 19.2. The molecule has 3 rings (SSSR count). The Labute approximate surface area is 157 Å². The predicted octanol–water partition coefficient (Wildman–Crippen LogP) is 4.41. The van der Waals surface area contributed by atoms with Crippen LogP contribution in [0, 0.1) is 6.92 Å². The summed E-state index contributed by atoms with van der Waals surface area (Å²) >= 11 is 0. The number of ether oxygens (including phenoxy) is 3. The molecule has 0 saturated carbocycles. The van der Waals surface area contributed by atoms with Crippen LogP contribution in [0.3, 0.4) is 0 Å². The minimum absolute atomic E-state index is 0.0243. The topological polar surface area (TPSA) is 70.8 Å². The first kappa shape index (κ1) is 18.5. The van der Waals surface area contributed by atoms with Gasteiger partial charge in [-0.15, -0.1) is 0 Å². The van der Waals surface area contributed by atoms with E-state index in [0.29, 0.717) is 41.0 Å². The second-order valence-corrected chi connectivity index (χ2v) is 5.76. The first-order chi connectivity index (χ1) is 13.1. The van der Waals surface area contributed by atoms with E-state index in [1.807, 2.05) is 37.3 Å². The Morgan fingerprint density at radius 3 is 2.59 bits per heavy atom. The van der Waals surface area contributed by atoms with Crippen LogP contribution in [0.4, 0.5) is 0 Å². The van der Waals surface area contributed by atoms with Crippen molar-refractivity contribution in [3.63, 3.8) is 0 Å². The molecule has 0 aliphatic carbocycles. The smallest absolute Gasteiger partial charge is 0.338 e. The van der Waals surface area contributed by atoms with Gasteiger partial charge in [0.2, 0.25) is 5.89 Å². The normalized spacial score (nSPS) is 10.5. The summed E-state index contributed by atoms with van der Waals surface area (Å²) in [6.45, 7) is 4.21. The van der Waals surface area contributed by atoms with Crippen molar-refractivity contribution < 1.29 is 23.4 Å². The number of aromatic nitrogens is 1. The van der Waals surface area contributed by atoms with E-state index in [1.165, 1.54) is 7.11 Å². The Morgan fingerprint density at radius 1 is 1.11 bits per heavy atom. The fourth-order valence-corrected chi connectivity index (χ4v) is 2.55. The maximum Gasteiger partial charge on any atom is 0.338 e. The predicted molar refractivity (Wildman–Crippen MR) is 100.0 cm³/mol. The van der Waals surface area contributed by atoms with Crippen LogP contribution in [0.1, 0.15) is 28.7 Å². The second kappa shape index (κ2) is 8.40. The lowest BCUT2D eigenvalue weighted by Gasteiger charge is -2.10. The maximum atomic E-state index is 12.4. The van der Waals surface area contributed by atoms with Crippen LogP contribution in [0.5, 0.6) is 11.5 Å². The number of benzene rings is 2. The van der Waals surface area contributed by atoms with Gasteiger partial charge in [-0.25, -0.2) is 9.78 Å². The maximum absolute atomic E-state index is 12.4. The standard InChI is InChI=1S/C21H21NO5/c1-4-25-18-11-10-16(12-19(18)24-3)21(23)26-13-17-14(2)27-20(22-17)15-8-6-5-7-9-15/h5-12H,4,13H2,1-3H3. The van der Waals surface area contributed by atoms with E-state index in [2.05, 4.69) is 4.98 Å². The van der Waals surface area contributed by atoms with Gasteiger partial charge >= 0.3 is 5.97 Å². The monoisotopic (exact) mass is 367 g/mol. The quantitative estimate of drug-likeness (QED) is 0.576. The number of rotatable bonds is 7. The molecular formula is C21H21NO5. The van der Waals surface area contributed by atoms with Crippen LogP contribution in [-0.2, 0) is 11.3 Å². The van der Waals surface area contributed by atoms with E-state index in [9.17, 15) is 4.79 Å². The van der Waals surface area contributed by atoms with Crippen molar-refractivity contribution in [2.24, 2.45) is 0 Å². The van der Waals surface area contributed by atoms with Gasteiger partial charge in [-0.3, -0.25) is 0 Å². The number of esters is 1. The van der Waals surface area contributed by atoms with Crippen molar-refractivity contribution in [2.45, 2.75) is 20.5 Å². The van der Waals surface area contributed by atoms with Gasteiger partial charge in [-0.2, -0.15) is 0 Å². The molecule has 0 spiro atoms. The largest absolute Gasteiger partial charge is 0.493 e. The van der Waals surface area contributed by atoms with Crippen LogP contribution in [0.2, 0.25) is 0 Å².